The van der Waals surface area contributed by atoms with Crippen LogP contribution in [0, 0.1) is 0 Å². The maximum atomic E-state index is 11.4. The molecule has 0 saturated heterocycles. The Kier molecular flexibility index (Phi) is 5.60. The summed E-state index contributed by atoms with van der Waals surface area (Å²) in [7, 11) is 0. The van der Waals surface area contributed by atoms with E-state index in [1.165, 1.54) is 32.1 Å². The van der Waals surface area contributed by atoms with Crippen LogP contribution in [0.15, 0.2) is 0 Å². The third-order valence-corrected chi connectivity index (χ3v) is 2.71. The van der Waals surface area contributed by atoms with Crippen LogP contribution in [0.25, 0.3) is 0 Å². The van der Waals surface area contributed by atoms with Gasteiger partial charge in [-0.2, -0.15) is 0 Å². The van der Waals surface area contributed by atoms with Crippen molar-refractivity contribution < 1.29 is 4.79 Å². The summed E-state index contributed by atoms with van der Waals surface area (Å²) >= 11 is 0. The number of hydrogen-bond donors (Lipinski definition) is 2. The van der Waals surface area contributed by atoms with Crippen molar-refractivity contribution in [2.75, 3.05) is 13.1 Å². The van der Waals surface area contributed by atoms with Crippen molar-refractivity contribution in [3.8, 4) is 0 Å². The maximum absolute atomic E-state index is 11.4. The van der Waals surface area contributed by atoms with E-state index in [0.717, 1.165) is 13.0 Å². The first-order chi connectivity index (χ1) is 6.83. The molecule has 0 aromatic heterocycles. The van der Waals surface area contributed by atoms with Crippen molar-refractivity contribution in [2.45, 2.75) is 51.5 Å². The van der Waals surface area contributed by atoms with Gasteiger partial charge in [0, 0.05) is 6.04 Å². The van der Waals surface area contributed by atoms with Crippen molar-refractivity contribution in [3.05, 3.63) is 0 Å². The van der Waals surface area contributed by atoms with E-state index in [4.69, 9.17) is 0 Å². The standard InChI is InChI=1S/C11H22N2O/c1-2-3-8-12-9-11(14)13-10-6-4-5-7-10/h10,12H,2-9H2,1H3,(H,13,14). The van der Waals surface area contributed by atoms with Crippen LogP contribution in [-0.4, -0.2) is 25.0 Å². The Morgan fingerprint density at radius 1 is 1.36 bits per heavy atom. The Morgan fingerprint density at radius 3 is 2.71 bits per heavy atom. The van der Waals surface area contributed by atoms with Gasteiger partial charge in [0.25, 0.3) is 0 Å². The molecule has 82 valence electrons. The molecule has 14 heavy (non-hydrogen) atoms. The normalized spacial score (nSPS) is 17.2. The molecule has 0 atom stereocenters. The highest BCUT2D eigenvalue weighted by Gasteiger charge is 2.16. The van der Waals surface area contributed by atoms with E-state index < -0.39 is 0 Å². The van der Waals surface area contributed by atoms with Crippen molar-refractivity contribution in [3.63, 3.8) is 0 Å². The number of unbranched alkanes of at least 4 members (excludes halogenated alkanes) is 1. The van der Waals surface area contributed by atoms with E-state index in [9.17, 15) is 4.79 Å². The minimum atomic E-state index is 0.160. The van der Waals surface area contributed by atoms with Crippen LogP contribution < -0.4 is 10.6 Å². The van der Waals surface area contributed by atoms with Crippen LogP contribution in [0.4, 0.5) is 0 Å². The molecule has 0 aromatic rings. The second kappa shape index (κ2) is 6.82. The summed E-state index contributed by atoms with van der Waals surface area (Å²) in [5.41, 5.74) is 0. The average molecular weight is 198 g/mol. The summed E-state index contributed by atoms with van der Waals surface area (Å²) in [4.78, 5) is 11.4. The van der Waals surface area contributed by atoms with Crippen molar-refractivity contribution in [1.29, 1.82) is 0 Å². The lowest BCUT2D eigenvalue weighted by atomic mass is 10.2. The summed E-state index contributed by atoms with van der Waals surface area (Å²) in [5, 5.41) is 6.20. The molecule has 0 spiro atoms. The van der Waals surface area contributed by atoms with Crippen LogP contribution >= 0.6 is 0 Å². The van der Waals surface area contributed by atoms with E-state index in [0.29, 0.717) is 12.6 Å². The molecule has 1 fully saturated rings. The van der Waals surface area contributed by atoms with Crippen molar-refractivity contribution in [2.24, 2.45) is 0 Å². The molecule has 1 saturated carbocycles. The van der Waals surface area contributed by atoms with Gasteiger partial charge in [-0.3, -0.25) is 4.79 Å². The van der Waals surface area contributed by atoms with Gasteiger partial charge < -0.3 is 10.6 Å². The number of rotatable bonds is 6. The van der Waals surface area contributed by atoms with E-state index in [2.05, 4.69) is 17.6 Å². The van der Waals surface area contributed by atoms with Crippen LogP contribution in [0.2, 0.25) is 0 Å². The summed E-state index contributed by atoms with van der Waals surface area (Å²) in [6, 6.07) is 0.454. The van der Waals surface area contributed by atoms with E-state index >= 15 is 0 Å². The Labute approximate surface area is 86.6 Å². The maximum Gasteiger partial charge on any atom is 0.234 e. The molecule has 3 nitrogen and oxygen atoms in total. The van der Waals surface area contributed by atoms with Gasteiger partial charge in [-0.1, -0.05) is 26.2 Å². The fraction of sp³-hybridized carbons (Fsp3) is 0.909. The Morgan fingerprint density at radius 2 is 2.07 bits per heavy atom. The summed E-state index contributed by atoms with van der Waals surface area (Å²) < 4.78 is 0. The molecule has 0 radical (unpaired) electrons. The third kappa shape index (κ3) is 4.61. The Bertz CT molecular complexity index is 165. The highest BCUT2D eigenvalue weighted by atomic mass is 16.1. The first-order valence-corrected chi connectivity index (χ1v) is 5.83. The molecule has 1 aliphatic rings. The van der Waals surface area contributed by atoms with Crippen LogP contribution in [0.1, 0.15) is 45.4 Å². The quantitative estimate of drug-likeness (QED) is 0.634. The number of amides is 1. The van der Waals surface area contributed by atoms with Crippen LogP contribution in [-0.2, 0) is 4.79 Å². The lowest BCUT2D eigenvalue weighted by Crippen LogP contribution is -2.39. The zero-order valence-corrected chi connectivity index (χ0v) is 9.14. The Balaban J connectivity index is 1.98. The van der Waals surface area contributed by atoms with Gasteiger partial charge in [0.15, 0.2) is 0 Å². The lowest BCUT2D eigenvalue weighted by molar-refractivity contribution is -0.120. The van der Waals surface area contributed by atoms with Gasteiger partial charge in [-0.15, -0.1) is 0 Å². The fourth-order valence-electron chi connectivity index (χ4n) is 1.85. The largest absolute Gasteiger partial charge is 0.352 e. The predicted octanol–water partition coefficient (Wildman–Crippen LogP) is 1.43. The van der Waals surface area contributed by atoms with E-state index in [-0.39, 0.29) is 5.91 Å². The molecule has 2 N–H and O–H groups in total. The minimum Gasteiger partial charge on any atom is -0.352 e. The molecule has 1 aliphatic carbocycles. The lowest BCUT2D eigenvalue weighted by Gasteiger charge is -2.11. The monoisotopic (exact) mass is 198 g/mol. The smallest absolute Gasteiger partial charge is 0.234 e. The van der Waals surface area contributed by atoms with Gasteiger partial charge in [0.05, 0.1) is 6.54 Å². The number of carbonyl (C=O) groups is 1. The number of hydrogen-bond acceptors (Lipinski definition) is 2. The minimum absolute atomic E-state index is 0.160. The van der Waals surface area contributed by atoms with Crippen molar-refractivity contribution >= 4 is 5.91 Å². The molecule has 0 aromatic carbocycles. The second-order valence-corrected chi connectivity index (χ2v) is 4.08. The van der Waals surface area contributed by atoms with Gasteiger partial charge >= 0.3 is 0 Å². The van der Waals surface area contributed by atoms with Gasteiger partial charge in [0.1, 0.15) is 0 Å². The van der Waals surface area contributed by atoms with Crippen molar-refractivity contribution in [1.82, 2.24) is 10.6 Å². The predicted molar refractivity (Wildman–Crippen MR) is 58.2 cm³/mol. The molecule has 1 rings (SSSR count). The molecule has 0 bridgehead atoms. The van der Waals surface area contributed by atoms with Gasteiger partial charge in [0.2, 0.25) is 5.91 Å². The molecule has 3 heteroatoms. The number of nitrogens with one attached hydrogen (secondary N) is 2. The van der Waals surface area contributed by atoms with Gasteiger partial charge in [-0.25, -0.2) is 0 Å². The second-order valence-electron chi connectivity index (χ2n) is 4.08. The zero-order chi connectivity index (χ0) is 10.2. The molecule has 0 unspecified atom stereocenters. The highest BCUT2D eigenvalue weighted by Crippen LogP contribution is 2.17. The third-order valence-electron chi connectivity index (χ3n) is 2.71. The molecular formula is C11H22N2O. The topological polar surface area (TPSA) is 41.1 Å². The SMILES string of the molecule is CCCCNCC(=O)NC1CCCC1. The number of carbonyl (C=O) groups excluding carboxylic acids is 1. The first-order valence-electron chi connectivity index (χ1n) is 5.83. The summed E-state index contributed by atoms with van der Waals surface area (Å²) in [5.74, 6) is 0.160. The van der Waals surface area contributed by atoms with E-state index in [1.54, 1.807) is 0 Å². The van der Waals surface area contributed by atoms with Crippen LogP contribution in [0.5, 0.6) is 0 Å². The molecular weight excluding hydrogens is 176 g/mol. The first kappa shape index (κ1) is 11.5. The van der Waals surface area contributed by atoms with E-state index in [1.807, 2.05) is 0 Å². The Hall–Kier alpha value is -0.570. The molecule has 0 aliphatic heterocycles. The highest BCUT2D eigenvalue weighted by molar-refractivity contribution is 5.78. The zero-order valence-electron chi connectivity index (χ0n) is 9.14. The summed E-state index contributed by atoms with van der Waals surface area (Å²) in [6.45, 7) is 3.59. The average Bonchev–Trinajstić information content (AvgIpc) is 2.65. The molecule has 0 heterocycles. The summed E-state index contributed by atoms with van der Waals surface area (Å²) in [6.07, 6.45) is 7.21. The fourth-order valence-corrected chi connectivity index (χ4v) is 1.85. The molecule has 1 amide bonds. The van der Waals surface area contributed by atoms with Crippen LogP contribution in [0.3, 0.4) is 0 Å². The van der Waals surface area contributed by atoms with Gasteiger partial charge in [-0.05, 0) is 25.8 Å².